The number of rotatable bonds is 4. The maximum Gasteiger partial charge on any atom is 0.0704 e. The number of aryl methyl sites for hydroxylation is 1. The molecule has 16 heavy (non-hydrogen) atoms. The first kappa shape index (κ1) is 11.6. The van der Waals surface area contributed by atoms with Gasteiger partial charge in [0.05, 0.1) is 5.52 Å². The Morgan fingerprint density at radius 3 is 2.94 bits per heavy atom. The normalized spacial score (nSPS) is 12.9. The number of nitrogens with zero attached hydrogens (tertiary/aromatic N) is 1. The van der Waals surface area contributed by atoms with Gasteiger partial charge in [-0.3, -0.25) is 4.98 Å². The Hall–Kier alpha value is -0.890. The van der Waals surface area contributed by atoms with Gasteiger partial charge in [0.2, 0.25) is 0 Å². The van der Waals surface area contributed by atoms with Crippen molar-refractivity contribution >= 4 is 26.8 Å². The van der Waals surface area contributed by atoms with Crippen molar-refractivity contribution in [1.82, 2.24) is 4.98 Å². The van der Waals surface area contributed by atoms with E-state index in [1.807, 2.05) is 12.3 Å². The molecule has 1 heterocycles. The number of benzene rings is 1. The topological polar surface area (TPSA) is 12.9 Å². The number of halogens is 1. The molecule has 1 unspecified atom stereocenters. The first-order chi connectivity index (χ1) is 7.81. The van der Waals surface area contributed by atoms with Crippen LogP contribution in [0.3, 0.4) is 0 Å². The number of pyridine rings is 1. The summed E-state index contributed by atoms with van der Waals surface area (Å²) >= 11 is 3.68. The van der Waals surface area contributed by atoms with Crippen molar-refractivity contribution in [3.63, 3.8) is 0 Å². The molecule has 84 valence electrons. The third-order valence-corrected chi connectivity index (χ3v) is 4.01. The molecule has 2 aromatic rings. The highest BCUT2D eigenvalue weighted by Crippen LogP contribution is 2.20. The maximum absolute atomic E-state index is 4.38. The Balaban J connectivity index is 2.23. The maximum atomic E-state index is 4.38. The van der Waals surface area contributed by atoms with E-state index >= 15 is 0 Å². The second-order valence-electron chi connectivity index (χ2n) is 4.03. The summed E-state index contributed by atoms with van der Waals surface area (Å²) in [6, 6.07) is 10.5. The van der Waals surface area contributed by atoms with E-state index in [0.717, 1.165) is 11.9 Å². The minimum Gasteiger partial charge on any atom is -0.256 e. The predicted octanol–water partition coefficient (Wildman–Crippen LogP) is 4.34. The molecule has 0 aliphatic rings. The van der Waals surface area contributed by atoms with Crippen molar-refractivity contribution in [2.24, 2.45) is 0 Å². The fraction of sp³-hybridized carbons (Fsp3) is 0.357. The highest BCUT2D eigenvalue weighted by atomic mass is 79.9. The molecule has 2 rings (SSSR count). The summed E-state index contributed by atoms with van der Waals surface area (Å²) in [5, 5.41) is 1.29. The summed E-state index contributed by atoms with van der Waals surface area (Å²) in [7, 11) is 0. The first-order valence-corrected chi connectivity index (χ1v) is 6.69. The van der Waals surface area contributed by atoms with Gasteiger partial charge < -0.3 is 0 Å². The van der Waals surface area contributed by atoms with Gasteiger partial charge in [-0.1, -0.05) is 41.1 Å². The highest BCUT2D eigenvalue weighted by Gasteiger charge is 2.04. The van der Waals surface area contributed by atoms with Gasteiger partial charge in [0.25, 0.3) is 0 Å². The molecule has 1 nitrogen and oxygen atoms in total. The van der Waals surface area contributed by atoms with Crippen LogP contribution in [0.4, 0.5) is 0 Å². The monoisotopic (exact) mass is 277 g/mol. The lowest BCUT2D eigenvalue weighted by Crippen LogP contribution is -1.98. The SMILES string of the molecule is CCC(Br)CCc1cccc2ncccc12. The van der Waals surface area contributed by atoms with Crippen LogP contribution in [-0.2, 0) is 6.42 Å². The lowest BCUT2D eigenvalue weighted by Gasteiger charge is -2.08. The van der Waals surface area contributed by atoms with Crippen molar-refractivity contribution in [2.75, 3.05) is 0 Å². The van der Waals surface area contributed by atoms with E-state index in [1.54, 1.807) is 0 Å². The number of alkyl halides is 1. The molecule has 1 atom stereocenters. The third kappa shape index (κ3) is 2.62. The van der Waals surface area contributed by atoms with Crippen LogP contribution >= 0.6 is 15.9 Å². The van der Waals surface area contributed by atoms with E-state index in [4.69, 9.17) is 0 Å². The standard InChI is InChI=1S/C14H16BrN/c1-2-12(15)9-8-11-5-3-7-14-13(11)6-4-10-16-14/h3-7,10,12H,2,8-9H2,1H3. The van der Waals surface area contributed by atoms with Gasteiger partial charge in [0.1, 0.15) is 0 Å². The van der Waals surface area contributed by atoms with Gasteiger partial charge in [-0.25, -0.2) is 0 Å². The molecule has 0 aliphatic carbocycles. The second kappa shape index (κ2) is 5.44. The molecule has 0 saturated heterocycles. The molecular weight excluding hydrogens is 262 g/mol. The Labute approximate surface area is 105 Å². The number of fused-ring (bicyclic) bond motifs is 1. The smallest absolute Gasteiger partial charge is 0.0704 e. The zero-order valence-electron chi connectivity index (χ0n) is 9.49. The highest BCUT2D eigenvalue weighted by molar-refractivity contribution is 9.09. The van der Waals surface area contributed by atoms with Crippen molar-refractivity contribution in [1.29, 1.82) is 0 Å². The summed E-state index contributed by atoms with van der Waals surface area (Å²) < 4.78 is 0. The molecule has 0 radical (unpaired) electrons. The zero-order chi connectivity index (χ0) is 11.4. The molecule has 0 fully saturated rings. The molecule has 1 aromatic carbocycles. The Kier molecular flexibility index (Phi) is 3.94. The van der Waals surface area contributed by atoms with Gasteiger partial charge in [-0.2, -0.15) is 0 Å². The third-order valence-electron chi connectivity index (χ3n) is 2.91. The minimum absolute atomic E-state index is 0.624. The molecule has 0 bridgehead atoms. The van der Waals surface area contributed by atoms with Crippen LogP contribution in [0, 0.1) is 0 Å². The van der Waals surface area contributed by atoms with Crippen LogP contribution in [0.2, 0.25) is 0 Å². The molecule has 0 aliphatic heterocycles. The van der Waals surface area contributed by atoms with Crippen LogP contribution in [0.25, 0.3) is 10.9 Å². The Bertz CT molecular complexity index is 462. The summed E-state index contributed by atoms with van der Waals surface area (Å²) in [4.78, 5) is 5.00. The largest absolute Gasteiger partial charge is 0.256 e. The van der Waals surface area contributed by atoms with Crippen molar-refractivity contribution in [3.8, 4) is 0 Å². The molecule has 0 saturated carbocycles. The lowest BCUT2D eigenvalue weighted by molar-refractivity contribution is 0.749. The summed E-state index contributed by atoms with van der Waals surface area (Å²) in [6.07, 6.45) is 5.34. The van der Waals surface area contributed by atoms with E-state index in [2.05, 4.69) is 52.1 Å². The van der Waals surface area contributed by atoms with Gasteiger partial charge in [-0.05, 0) is 37.0 Å². The van der Waals surface area contributed by atoms with Crippen molar-refractivity contribution in [2.45, 2.75) is 31.0 Å². The minimum atomic E-state index is 0.624. The second-order valence-corrected chi connectivity index (χ2v) is 5.33. The summed E-state index contributed by atoms with van der Waals surface area (Å²) in [6.45, 7) is 2.21. The predicted molar refractivity (Wildman–Crippen MR) is 73.1 cm³/mol. The molecule has 0 N–H and O–H groups in total. The van der Waals surface area contributed by atoms with E-state index in [-0.39, 0.29) is 0 Å². The van der Waals surface area contributed by atoms with E-state index < -0.39 is 0 Å². The quantitative estimate of drug-likeness (QED) is 0.758. The fourth-order valence-corrected chi connectivity index (χ4v) is 2.13. The van der Waals surface area contributed by atoms with Gasteiger partial charge in [0, 0.05) is 16.4 Å². The van der Waals surface area contributed by atoms with Crippen molar-refractivity contribution < 1.29 is 0 Å². The van der Waals surface area contributed by atoms with E-state index in [9.17, 15) is 0 Å². The number of hydrogen-bond donors (Lipinski definition) is 0. The Morgan fingerprint density at radius 2 is 2.12 bits per heavy atom. The lowest BCUT2D eigenvalue weighted by atomic mass is 10.0. The molecule has 2 heteroatoms. The van der Waals surface area contributed by atoms with Crippen LogP contribution in [-0.4, -0.2) is 9.81 Å². The van der Waals surface area contributed by atoms with E-state index in [1.165, 1.54) is 23.8 Å². The Morgan fingerprint density at radius 1 is 1.25 bits per heavy atom. The van der Waals surface area contributed by atoms with E-state index in [0.29, 0.717) is 4.83 Å². The zero-order valence-corrected chi connectivity index (χ0v) is 11.1. The average molecular weight is 278 g/mol. The van der Waals surface area contributed by atoms with Crippen LogP contribution < -0.4 is 0 Å². The fourth-order valence-electron chi connectivity index (χ4n) is 1.90. The number of hydrogen-bond acceptors (Lipinski definition) is 1. The molecule has 0 spiro atoms. The van der Waals surface area contributed by atoms with Gasteiger partial charge in [-0.15, -0.1) is 0 Å². The number of aromatic nitrogens is 1. The van der Waals surface area contributed by atoms with Crippen molar-refractivity contribution in [3.05, 3.63) is 42.1 Å². The van der Waals surface area contributed by atoms with Crippen LogP contribution in [0.5, 0.6) is 0 Å². The van der Waals surface area contributed by atoms with Gasteiger partial charge >= 0.3 is 0 Å². The van der Waals surface area contributed by atoms with Crippen LogP contribution in [0.1, 0.15) is 25.3 Å². The first-order valence-electron chi connectivity index (χ1n) is 5.78. The summed E-state index contributed by atoms with van der Waals surface area (Å²) in [5.41, 5.74) is 2.51. The summed E-state index contributed by atoms with van der Waals surface area (Å²) in [5.74, 6) is 0. The molecule has 1 aromatic heterocycles. The van der Waals surface area contributed by atoms with Gasteiger partial charge in [0.15, 0.2) is 0 Å². The average Bonchev–Trinajstić information content (AvgIpc) is 2.35. The molecule has 0 amide bonds. The van der Waals surface area contributed by atoms with Crippen LogP contribution in [0.15, 0.2) is 36.5 Å². The molecular formula is C14H16BrN.